The highest BCUT2D eigenvalue weighted by Crippen LogP contribution is 2.34. The average molecular weight is 483 g/mol. The molecule has 2 aromatic heterocycles. The summed E-state index contributed by atoms with van der Waals surface area (Å²) < 4.78 is 0. The number of amides is 2. The third-order valence-corrected chi connectivity index (χ3v) is 7.31. The quantitative estimate of drug-likeness (QED) is 0.468. The molecule has 0 aliphatic carbocycles. The van der Waals surface area contributed by atoms with E-state index in [9.17, 15) is 9.59 Å². The highest BCUT2D eigenvalue weighted by atomic mass is 16.2. The smallest absolute Gasteiger partial charge is 0.270 e. The van der Waals surface area contributed by atoms with Gasteiger partial charge in [-0.05, 0) is 62.1 Å². The first-order chi connectivity index (χ1) is 17.5. The molecular formula is C30H34N4O2. The Balaban J connectivity index is 1.30. The number of benzene rings is 1. The summed E-state index contributed by atoms with van der Waals surface area (Å²) in [7, 11) is 0. The Bertz CT molecular complexity index is 1280. The average Bonchev–Trinajstić information content (AvgIpc) is 3.48. The van der Waals surface area contributed by atoms with Gasteiger partial charge in [-0.15, -0.1) is 0 Å². The zero-order chi connectivity index (χ0) is 25.1. The summed E-state index contributed by atoms with van der Waals surface area (Å²) in [6.45, 7) is 6.28. The van der Waals surface area contributed by atoms with Crippen LogP contribution in [-0.4, -0.2) is 46.3 Å². The molecule has 3 aromatic rings. The summed E-state index contributed by atoms with van der Waals surface area (Å²) in [4.78, 5) is 37.5. The number of aromatic amines is 1. The first-order valence-corrected chi connectivity index (χ1v) is 13.0. The molecular weight excluding hydrogens is 448 g/mol. The van der Waals surface area contributed by atoms with Gasteiger partial charge in [0, 0.05) is 60.8 Å². The summed E-state index contributed by atoms with van der Waals surface area (Å²) in [5.41, 5.74) is 7.27. The lowest BCUT2D eigenvalue weighted by Gasteiger charge is -2.21. The van der Waals surface area contributed by atoms with E-state index >= 15 is 0 Å². The van der Waals surface area contributed by atoms with Gasteiger partial charge in [-0.1, -0.05) is 43.2 Å². The van der Waals surface area contributed by atoms with Crippen LogP contribution in [-0.2, 0) is 11.2 Å². The molecule has 6 nitrogen and oxygen atoms in total. The number of rotatable bonds is 6. The van der Waals surface area contributed by atoms with Crippen molar-refractivity contribution in [1.82, 2.24) is 14.9 Å². The van der Waals surface area contributed by atoms with Crippen molar-refractivity contribution in [3.63, 3.8) is 0 Å². The van der Waals surface area contributed by atoms with Crippen molar-refractivity contribution in [2.24, 2.45) is 5.92 Å². The van der Waals surface area contributed by atoms with E-state index in [4.69, 9.17) is 4.98 Å². The molecule has 186 valence electrons. The van der Waals surface area contributed by atoms with Gasteiger partial charge in [-0.2, -0.15) is 0 Å². The SMILES string of the molecule is CCCc1nc(C)ccc1-c1cccc(N2CC(C3=CCCN(C(=O)c4ccc[nH]4)CC3)CC2=O)c1. The Labute approximate surface area is 213 Å². The number of nitrogens with one attached hydrogen (secondary N) is 1. The van der Waals surface area contributed by atoms with Crippen molar-refractivity contribution in [2.45, 2.75) is 46.0 Å². The number of carbonyl (C=O) groups is 2. The van der Waals surface area contributed by atoms with Gasteiger partial charge >= 0.3 is 0 Å². The van der Waals surface area contributed by atoms with Gasteiger partial charge in [0.2, 0.25) is 5.91 Å². The lowest BCUT2D eigenvalue weighted by molar-refractivity contribution is -0.117. The number of H-pyrrole nitrogens is 1. The van der Waals surface area contributed by atoms with Crippen LogP contribution < -0.4 is 4.90 Å². The van der Waals surface area contributed by atoms with Crippen molar-refractivity contribution in [3.8, 4) is 11.1 Å². The van der Waals surface area contributed by atoms with Crippen LogP contribution in [0.5, 0.6) is 0 Å². The van der Waals surface area contributed by atoms with Gasteiger partial charge < -0.3 is 14.8 Å². The number of aryl methyl sites for hydroxylation is 2. The zero-order valence-corrected chi connectivity index (χ0v) is 21.2. The maximum atomic E-state index is 13.1. The lowest BCUT2D eigenvalue weighted by Crippen LogP contribution is -2.32. The number of hydrogen-bond acceptors (Lipinski definition) is 3. The monoisotopic (exact) mass is 482 g/mol. The maximum absolute atomic E-state index is 13.1. The number of aromatic nitrogens is 2. The molecule has 1 aromatic carbocycles. The predicted molar refractivity (Wildman–Crippen MR) is 143 cm³/mol. The molecule has 4 heterocycles. The Morgan fingerprint density at radius 3 is 2.83 bits per heavy atom. The van der Waals surface area contributed by atoms with E-state index in [1.807, 2.05) is 41.0 Å². The normalized spacial score (nSPS) is 18.3. The van der Waals surface area contributed by atoms with Gasteiger partial charge in [0.05, 0.1) is 0 Å². The summed E-state index contributed by atoms with van der Waals surface area (Å²) in [6, 6.07) is 16.2. The van der Waals surface area contributed by atoms with Crippen molar-refractivity contribution >= 4 is 17.5 Å². The first-order valence-electron chi connectivity index (χ1n) is 13.0. The van der Waals surface area contributed by atoms with Crippen LogP contribution in [0.1, 0.15) is 54.5 Å². The second-order valence-corrected chi connectivity index (χ2v) is 9.85. The molecule has 2 amide bonds. The molecule has 36 heavy (non-hydrogen) atoms. The second kappa shape index (κ2) is 10.5. The molecule has 0 saturated carbocycles. The summed E-state index contributed by atoms with van der Waals surface area (Å²) in [6.07, 6.45) is 8.17. The molecule has 1 N–H and O–H groups in total. The Kier molecular flexibility index (Phi) is 7.03. The summed E-state index contributed by atoms with van der Waals surface area (Å²) >= 11 is 0. The Morgan fingerprint density at radius 1 is 1.14 bits per heavy atom. The van der Waals surface area contributed by atoms with Crippen LogP contribution in [0, 0.1) is 12.8 Å². The standard InChI is InChI=1S/C30H34N4O2/c1-3-7-27-26(13-12-21(2)32-27)23-8-4-10-25(18-23)34-20-24(19-29(34)35)22-9-6-16-33(17-14-22)30(36)28-11-5-15-31-28/h4-5,8-13,15,18,24,31H,3,6-7,14,16-17,19-20H2,1-2H3. The topological polar surface area (TPSA) is 69.3 Å². The van der Waals surface area contributed by atoms with Gasteiger partial charge in [0.1, 0.15) is 5.69 Å². The highest BCUT2D eigenvalue weighted by Gasteiger charge is 2.33. The molecule has 1 unspecified atom stereocenters. The first kappa shape index (κ1) is 24.0. The van der Waals surface area contributed by atoms with E-state index in [0.29, 0.717) is 31.7 Å². The van der Waals surface area contributed by atoms with E-state index in [0.717, 1.165) is 53.9 Å². The minimum atomic E-state index is 0.0450. The number of carbonyl (C=O) groups excluding carboxylic acids is 2. The van der Waals surface area contributed by atoms with E-state index in [1.165, 1.54) is 5.57 Å². The zero-order valence-electron chi connectivity index (χ0n) is 21.2. The fourth-order valence-electron chi connectivity index (χ4n) is 5.44. The Morgan fingerprint density at radius 2 is 2.03 bits per heavy atom. The van der Waals surface area contributed by atoms with Crippen molar-refractivity contribution < 1.29 is 9.59 Å². The van der Waals surface area contributed by atoms with E-state index in [1.54, 1.807) is 6.20 Å². The largest absolute Gasteiger partial charge is 0.357 e. The van der Waals surface area contributed by atoms with Gasteiger partial charge in [0.15, 0.2) is 0 Å². The molecule has 0 radical (unpaired) electrons. The van der Waals surface area contributed by atoms with Crippen molar-refractivity contribution in [3.05, 3.63) is 83.5 Å². The molecule has 0 spiro atoms. The maximum Gasteiger partial charge on any atom is 0.270 e. The van der Waals surface area contributed by atoms with Crippen LogP contribution in [0.2, 0.25) is 0 Å². The van der Waals surface area contributed by atoms with Crippen molar-refractivity contribution in [2.75, 3.05) is 24.5 Å². The summed E-state index contributed by atoms with van der Waals surface area (Å²) in [5.74, 6) is 0.402. The number of anilines is 1. The number of nitrogens with zero attached hydrogens (tertiary/aromatic N) is 3. The second-order valence-electron chi connectivity index (χ2n) is 9.85. The van der Waals surface area contributed by atoms with Gasteiger partial charge in [-0.25, -0.2) is 0 Å². The minimum absolute atomic E-state index is 0.0450. The third kappa shape index (κ3) is 4.99. The van der Waals surface area contributed by atoms with Crippen LogP contribution in [0.4, 0.5) is 5.69 Å². The number of pyridine rings is 1. The van der Waals surface area contributed by atoms with Crippen LogP contribution in [0.15, 0.2) is 66.4 Å². The molecule has 5 rings (SSSR count). The highest BCUT2D eigenvalue weighted by molar-refractivity contribution is 5.97. The van der Waals surface area contributed by atoms with E-state index in [2.05, 4.69) is 42.2 Å². The predicted octanol–water partition coefficient (Wildman–Crippen LogP) is 5.55. The fourth-order valence-corrected chi connectivity index (χ4v) is 5.44. The van der Waals surface area contributed by atoms with Gasteiger partial charge in [0.25, 0.3) is 5.91 Å². The molecule has 1 fully saturated rings. The molecule has 1 saturated heterocycles. The summed E-state index contributed by atoms with van der Waals surface area (Å²) in [5, 5.41) is 0. The van der Waals surface area contributed by atoms with E-state index in [-0.39, 0.29) is 17.7 Å². The van der Waals surface area contributed by atoms with E-state index < -0.39 is 0 Å². The molecule has 2 aliphatic rings. The Hall–Kier alpha value is -3.67. The lowest BCUT2D eigenvalue weighted by atomic mass is 9.94. The van der Waals surface area contributed by atoms with Crippen LogP contribution >= 0.6 is 0 Å². The third-order valence-electron chi connectivity index (χ3n) is 7.31. The van der Waals surface area contributed by atoms with Gasteiger partial charge in [-0.3, -0.25) is 14.6 Å². The number of hydrogen-bond donors (Lipinski definition) is 1. The fraction of sp³-hybridized carbons (Fsp3) is 0.367. The van der Waals surface area contributed by atoms with Crippen molar-refractivity contribution in [1.29, 1.82) is 0 Å². The van der Waals surface area contributed by atoms with Crippen LogP contribution in [0.25, 0.3) is 11.1 Å². The minimum Gasteiger partial charge on any atom is -0.357 e. The molecule has 6 heteroatoms. The molecule has 2 aliphatic heterocycles. The molecule has 1 atom stereocenters. The molecule has 0 bridgehead atoms. The van der Waals surface area contributed by atoms with Crippen LogP contribution in [0.3, 0.4) is 0 Å².